The Morgan fingerprint density at radius 1 is 0.939 bits per heavy atom. The van der Waals surface area contributed by atoms with Gasteiger partial charge in [-0.1, -0.05) is 0 Å². The molecule has 1 aromatic heterocycles. The van der Waals surface area contributed by atoms with Gasteiger partial charge in [0.25, 0.3) is 0 Å². The standard InChI is InChI=1S/C26H24F3N3O/c27-20-1-2-24-15(9-20)4-6-31(24)14-19-12-23(17-7-16(19)8-17)26(33)32-25(3-5-30-32)18-10-21(28)13-22(29)11-18/h1-2,4-6,9-11,13,16-17,19,23,25H,3,7-8,12,14H2. The highest BCUT2D eigenvalue weighted by Gasteiger charge is 2.50. The monoisotopic (exact) mass is 451 g/mol. The SMILES string of the molecule is O=C(C1CC(Cn2ccc3cc(F)ccc32)C2CC1C2)N1N=CCC1c1cc(F)cc(F)c1. The number of hydrogen-bond acceptors (Lipinski definition) is 2. The molecule has 0 spiro atoms. The van der Waals surface area contributed by atoms with E-state index in [4.69, 9.17) is 0 Å². The number of benzene rings is 2. The molecule has 4 nitrogen and oxygen atoms in total. The summed E-state index contributed by atoms with van der Waals surface area (Å²) in [6, 6.07) is 9.69. The van der Waals surface area contributed by atoms with Crippen molar-refractivity contribution in [3.05, 3.63) is 71.7 Å². The fourth-order valence-corrected chi connectivity index (χ4v) is 6.08. The van der Waals surface area contributed by atoms with Crippen molar-refractivity contribution in [3.8, 4) is 0 Å². The molecule has 3 atom stereocenters. The van der Waals surface area contributed by atoms with Gasteiger partial charge in [-0.05, 0) is 79.0 Å². The average molecular weight is 451 g/mol. The maximum absolute atomic E-state index is 13.8. The Balaban J connectivity index is 1.21. The Morgan fingerprint density at radius 3 is 2.52 bits per heavy atom. The number of fused-ring (bicyclic) bond motifs is 3. The Hall–Kier alpha value is -3.09. The zero-order chi connectivity index (χ0) is 22.7. The summed E-state index contributed by atoms with van der Waals surface area (Å²) in [4.78, 5) is 13.6. The van der Waals surface area contributed by atoms with Gasteiger partial charge in [0.05, 0.1) is 6.04 Å². The lowest BCUT2D eigenvalue weighted by Gasteiger charge is -2.51. The van der Waals surface area contributed by atoms with Crippen molar-refractivity contribution in [2.75, 3.05) is 0 Å². The van der Waals surface area contributed by atoms with Crippen LogP contribution in [0.3, 0.4) is 0 Å². The average Bonchev–Trinajstić information content (AvgIpc) is 3.39. The number of carbonyl (C=O) groups is 1. The van der Waals surface area contributed by atoms with Gasteiger partial charge >= 0.3 is 0 Å². The molecule has 7 heteroatoms. The molecule has 4 aliphatic rings. The number of hydrazone groups is 1. The second-order valence-electron chi connectivity index (χ2n) is 9.70. The minimum absolute atomic E-state index is 0.0500. The molecule has 3 aliphatic carbocycles. The van der Waals surface area contributed by atoms with E-state index in [1.54, 1.807) is 18.3 Å². The summed E-state index contributed by atoms with van der Waals surface area (Å²) < 4.78 is 43.3. The molecule has 2 heterocycles. The molecule has 0 radical (unpaired) electrons. The smallest absolute Gasteiger partial charge is 0.246 e. The Kier molecular flexibility index (Phi) is 4.82. The third-order valence-electron chi connectivity index (χ3n) is 7.81. The van der Waals surface area contributed by atoms with Crippen LogP contribution in [0.4, 0.5) is 13.2 Å². The van der Waals surface area contributed by atoms with Crippen LogP contribution in [0.25, 0.3) is 10.9 Å². The minimum Gasteiger partial charge on any atom is -0.347 e. The molecule has 3 fully saturated rings. The normalized spacial score (nSPS) is 28.3. The number of rotatable bonds is 4. The predicted molar refractivity (Wildman–Crippen MR) is 119 cm³/mol. The van der Waals surface area contributed by atoms with E-state index in [-0.39, 0.29) is 17.6 Å². The number of nitrogens with zero attached hydrogens (tertiary/aromatic N) is 3. The van der Waals surface area contributed by atoms with Gasteiger partial charge in [0.2, 0.25) is 5.91 Å². The fourth-order valence-electron chi connectivity index (χ4n) is 6.08. The molecule has 3 aromatic rings. The van der Waals surface area contributed by atoms with E-state index >= 15 is 0 Å². The first kappa shape index (κ1) is 20.5. The molecule has 0 N–H and O–H groups in total. The maximum Gasteiger partial charge on any atom is 0.246 e. The van der Waals surface area contributed by atoms with Crippen molar-refractivity contribution in [2.24, 2.45) is 28.8 Å². The van der Waals surface area contributed by atoms with Crippen molar-refractivity contribution in [3.63, 3.8) is 0 Å². The molecular weight excluding hydrogens is 427 g/mol. The van der Waals surface area contributed by atoms with Crippen molar-refractivity contribution in [1.29, 1.82) is 0 Å². The summed E-state index contributed by atoms with van der Waals surface area (Å²) >= 11 is 0. The highest BCUT2D eigenvalue weighted by Crippen LogP contribution is 2.53. The first-order valence-electron chi connectivity index (χ1n) is 11.5. The van der Waals surface area contributed by atoms with E-state index in [1.807, 2.05) is 12.3 Å². The Morgan fingerprint density at radius 2 is 1.73 bits per heavy atom. The molecule has 3 saturated carbocycles. The number of aromatic nitrogens is 1. The van der Waals surface area contributed by atoms with Crippen molar-refractivity contribution < 1.29 is 18.0 Å². The van der Waals surface area contributed by atoms with Crippen LogP contribution in [0.15, 0.2) is 53.8 Å². The predicted octanol–water partition coefficient (Wildman–Crippen LogP) is 5.68. The van der Waals surface area contributed by atoms with Gasteiger partial charge in [-0.15, -0.1) is 0 Å². The molecular formula is C26H24F3N3O. The highest BCUT2D eigenvalue weighted by molar-refractivity contribution is 5.83. The van der Waals surface area contributed by atoms with Gasteiger partial charge in [-0.25, -0.2) is 18.2 Å². The van der Waals surface area contributed by atoms with Crippen LogP contribution >= 0.6 is 0 Å². The Bertz CT molecular complexity index is 1240. The van der Waals surface area contributed by atoms with Crippen LogP contribution in [0, 0.1) is 41.1 Å². The van der Waals surface area contributed by atoms with Gasteiger partial charge in [0, 0.05) is 48.3 Å². The minimum atomic E-state index is -0.650. The first-order chi connectivity index (χ1) is 16.0. The van der Waals surface area contributed by atoms with E-state index in [9.17, 15) is 18.0 Å². The topological polar surface area (TPSA) is 37.6 Å². The van der Waals surface area contributed by atoms with Crippen molar-refractivity contribution in [2.45, 2.75) is 38.3 Å². The zero-order valence-corrected chi connectivity index (χ0v) is 18.0. The number of hydrogen-bond donors (Lipinski definition) is 0. The van der Waals surface area contributed by atoms with Gasteiger partial charge in [0.15, 0.2) is 0 Å². The molecule has 2 bridgehead atoms. The Labute approximate surface area is 189 Å². The van der Waals surface area contributed by atoms with Crippen LogP contribution in [-0.2, 0) is 11.3 Å². The van der Waals surface area contributed by atoms with Gasteiger partial charge in [-0.2, -0.15) is 5.10 Å². The van der Waals surface area contributed by atoms with E-state index in [0.29, 0.717) is 29.7 Å². The molecule has 1 amide bonds. The lowest BCUT2D eigenvalue weighted by molar-refractivity contribution is -0.147. The summed E-state index contributed by atoms with van der Waals surface area (Å²) in [5.41, 5.74) is 1.43. The summed E-state index contributed by atoms with van der Waals surface area (Å²) in [6.45, 7) is 0.790. The second kappa shape index (κ2) is 7.75. The lowest BCUT2D eigenvalue weighted by atomic mass is 9.55. The van der Waals surface area contributed by atoms with Crippen LogP contribution in [0.2, 0.25) is 0 Å². The zero-order valence-electron chi connectivity index (χ0n) is 18.0. The van der Waals surface area contributed by atoms with Gasteiger partial charge in [-0.3, -0.25) is 4.79 Å². The van der Waals surface area contributed by atoms with Gasteiger partial charge in [0.1, 0.15) is 17.5 Å². The summed E-state index contributed by atoms with van der Waals surface area (Å²) in [7, 11) is 0. The summed E-state index contributed by atoms with van der Waals surface area (Å²) in [5.74, 6) is -0.459. The summed E-state index contributed by atoms with van der Waals surface area (Å²) in [5, 5.41) is 6.63. The molecule has 7 rings (SSSR count). The van der Waals surface area contributed by atoms with E-state index in [0.717, 1.165) is 42.8 Å². The molecule has 33 heavy (non-hydrogen) atoms. The lowest BCUT2D eigenvalue weighted by Crippen LogP contribution is -2.49. The van der Waals surface area contributed by atoms with E-state index in [1.165, 1.54) is 23.2 Å². The van der Waals surface area contributed by atoms with Crippen molar-refractivity contribution in [1.82, 2.24) is 9.58 Å². The fraction of sp³-hybridized carbons (Fsp3) is 0.385. The van der Waals surface area contributed by atoms with Crippen LogP contribution < -0.4 is 0 Å². The van der Waals surface area contributed by atoms with Crippen LogP contribution in [-0.4, -0.2) is 21.7 Å². The highest BCUT2D eigenvalue weighted by atomic mass is 19.1. The third kappa shape index (κ3) is 3.54. The quantitative estimate of drug-likeness (QED) is 0.503. The molecule has 170 valence electrons. The molecule has 0 saturated heterocycles. The number of amides is 1. The van der Waals surface area contributed by atoms with Crippen molar-refractivity contribution >= 4 is 23.0 Å². The molecule has 2 aromatic carbocycles. The van der Waals surface area contributed by atoms with Gasteiger partial charge < -0.3 is 4.57 Å². The summed E-state index contributed by atoms with van der Waals surface area (Å²) in [6.07, 6.45) is 6.90. The molecule has 1 aliphatic heterocycles. The second-order valence-corrected chi connectivity index (χ2v) is 9.70. The van der Waals surface area contributed by atoms with Crippen LogP contribution in [0.1, 0.15) is 37.3 Å². The van der Waals surface area contributed by atoms with E-state index in [2.05, 4.69) is 9.67 Å². The first-order valence-corrected chi connectivity index (χ1v) is 11.5. The third-order valence-corrected chi connectivity index (χ3v) is 7.81. The number of carbonyl (C=O) groups excluding carboxylic acids is 1. The number of halogens is 3. The maximum atomic E-state index is 13.8. The van der Waals surface area contributed by atoms with Crippen LogP contribution in [0.5, 0.6) is 0 Å². The largest absolute Gasteiger partial charge is 0.347 e. The molecule has 3 unspecified atom stereocenters. The van der Waals surface area contributed by atoms with E-state index < -0.39 is 17.7 Å².